The van der Waals surface area contributed by atoms with Crippen molar-refractivity contribution in [1.29, 1.82) is 0 Å². The lowest BCUT2D eigenvalue weighted by Crippen LogP contribution is -2.48. The van der Waals surface area contributed by atoms with Crippen molar-refractivity contribution >= 4 is 23.8 Å². The van der Waals surface area contributed by atoms with Crippen LogP contribution in [0.1, 0.15) is 34.9 Å². The van der Waals surface area contributed by atoms with Crippen LogP contribution in [0.2, 0.25) is 0 Å². The minimum absolute atomic E-state index is 0.0349. The monoisotopic (exact) mass is 414 g/mol. The molecular formula is C20H20F2N6O2. The Balaban J connectivity index is 1.47. The number of primary amides is 1. The summed E-state index contributed by atoms with van der Waals surface area (Å²) in [7, 11) is 0. The highest BCUT2D eigenvalue weighted by Crippen LogP contribution is 2.34. The Morgan fingerprint density at radius 3 is 2.73 bits per heavy atom. The minimum Gasteiger partial charge on any atom is -0.364 e. The number of nitrogens with zero attached hydrogens (tertiary/aromatic N) is 5. The second-order valence-corrected chi connectivity index (χ2v) is 7.24. The van der Waals surface area contributed by atoms with E-state index in [2.05, 4.69) is 15.1 Å². The van der Waals surface area contributed by atoms with Crippen LogP contribution in [0.3, 0.4) is 0 Å². The number of piperidine rings is 1. The van der Waals surface area contributed by atoms with Gasteiger partial charge in [-0.05, 0) is 12.5 Å². The zero-order valence-electron chi connectivity index (χ0n) is 16.0. The highest BCUT2D eigenvalue weighted by atomic mass is 19.1. The molecule has 3 atom stereocenters. The van der Waals surface area contributed by atoms with Crippen LogP contribution in [0.5, 0.6) is 0 Å². The summed E-state index contributed by atoms with van der Waals surface area (Å²) in [4.78, 5) is 33.8. The van der Waals surface area contributed by atoms with Gasteiger partial charge in [-0.25, -0.2) is 23.8 Å². The van der Waals surface area contributed by atoms with Gasteiger partial charge in [0.15, 0.2) is 0 Å². The Labute approximate surface area is 171 Å². The zero-order chi connectivity index (χ0) is 21.3. The average molecular weight is 414 g/mol. The number of alkyl halides is 1. The van der Waals surface area contributed by atoms with E-state index in [1.807, 2.05) is 0 Å². The van der Waals surface area contributed by atoms with Gasteiger partial charge in [-0.1, -0.05) is 18.2 Å². The second-order valence-electron chi connectivity index (χ2n) is 7.24. The number of anilines is 1. The van der Waals surface area contributed by atoms with E-state index in [4.69, 9.17) is 5.73 Å². The fourth-order valence-corrected chi connectivity index (χ4v) is 3.85. The molecule has 0 aliphatic carbocycles. The van der Waals surface area contributed by atoms with Crippen molar-refractivity contribution in [3.05, 3.63) is 53.7 Å². The molecule has 0 unspecified atom stereocenters. The largest absolute Gasteiger partial charge is 0.364 e. The molecule has 30 heavy (non-hydrogen) atoms. The average Bonchev–Trinajstić information content (AvgIpc) is 3.23. The summed E-state index contributed by atoms with van der Waals surface area (Å²) in [6, 6.07) is 7.02. The van der Waals surface area contributed by atoms with Crippen LogP contribution in [0.4, 0.5) is 14.6 Å². The van der Waals surface area contributed by atoms with Crippen molar-refractivity contribution in [1.82, 2.24) is 15.0 Å². The van der Waals surface area contributed by atoms with Crippen LogP contribution < -0.4 is 10.6 Å². The van der Waals surface area contributed by atoms with Crippen molar-refractivity contribution < 1.29 is 18.4 Å². The standard InChI is InChI=1S/C20H20F2N6O2/c21-14-4-2-1-3-12(14)17-5-7-26-28(17)20(30)13-6-8-27(10-15(13)22)18-9-16(19(23)29)24-11-25-18/h1-4,7,9,11,13,15,17H,5-6,8,10H2,(H2,23,29)/t13-,15+,17+/m1/s1. The molecule has 1 aromatic heterocycles. The number of nitrogens with two attached hydrogens (primary N) is 1. The molecule has 4 rings (SSSR count). The Bertz CT molecular complexity index is 1000. The second kappa shape index (κ2) is 8.13. The topological polar surface area (TPSA) is 105 Å². The van der Waals surface area contributed by atoms with Crippen molar-refractivity contribution in [2.75, 3.05) is 18.0 Å². The van der Waals surface area contributed by atoms with Crippen molar-refractivity contribution in [2.24, 2.45) is 16.8 Å². The lowest BCUT2D eigenvalue weighted by atomic mass is 9.92. The molecule has 1 saturated heterocycles. The van der Waals surface area contributed by atoms with Gasteiger partial charge >= 0.3 is 0 Å². The molecule has 1 aromatic carbocycles. The molecule has 10 heteroatoms. The van der Waals surface area contributed by atoms with Crippen LogP contribution in [-0.4, -0.2) is 52.3 Å². The molecule has 2 aromatic rings. The maximum absolute atomic E-state index is 15.0. The Morgan fingerprint density at radius 1 is 1.20 bits per heavy atom. The van der Waals surface area contributed by atoms with Gasteiger partial charge in [-0.2, -0.15) is 5.10 Å². The van der Waals surface area contributed by atoms with E-state index in [0.29, 0.717) is 24.3 Å². The van der Waals surface area contributed by atoms with Crippen LogP contribution >= 0.6 is 0 Å². The molecule has 2 N–H and O–H groups in total. The molecule has 2 aliphatic rings. The number of amides is 2. The molecule has 8 nitrogen and oxygen atoms in total. The molecule has 0 saturated carbocycles. The molecule has 0 bridgehead atoms. The summed E-state index contributed by atoms with van der Waals surface area (Å²) in [5.74, 6) is -2.12. The third-order valence-electron chi connectivity index (χ3n) is 5.41. The lowest BCUT2D eigenvalue weighted by Gasteiger charge is -2.36. The van der Waals surface area contributed by atoms with Gasteiger partial charge in [0.2, 0.25) is 5.91 Å². The molecule has 1 fully saturated rings. The summed E-state index contributed by atoms with van der Waals surface area (Å²) < 4.78 is 29.2. The number of carbonyl (C=O) groups is 2. The van der Waals surface area contributed by atoms with Gasteiger partial charge in [0, 0.05) is 30.8 Å². The predicted molar refractivity (Wildman–Crippen MR) is 105 cm³/mol. The summed E-state index contributed by atoms with van der Waals surface area (Å²) >= 11 is 0. The lowest BCUT2D eigenvalue weighted by molar-refractivity contribution is -0.140. The van der Waals surface area contributed by atoms with Crippen molar-refractivity contribution in [2.45, 2.75) is 25.1 Å². The third kappa shape index (κ3) is 3.72. The number of benzene rings is 1. The Kier molecular flexibility index (Phi) is 5.39. The molecule has 156 valence electrons. The van der Waals surface area contributed by atoms with E-state index in [9.17, 15) is 14.0 Å². The number of carbonyl (C=O) groups excluding carboxylic acids is 2. The third-order valence-corrected chi connectivity index (χ3v) is 5.41. The van der Waals surface area contributed by atoms with Gasteiger partial charge < -0.3 is 10.6 Å². The molecular weight excluding hydrogens is 394 g/mol. The van der Waals surface area contributed by atoms with E-state index < -0.39 is 35.8 Å². The SMILES string of the molecule is NC(=O)c1cc(N2CC[C@@H](C(=O)N3N=CC[C@H]3c3ccccc3F)[C@@H](F)C2)ncn1. The van der Waals surface area contributed by atoms with Gasteiger partial charge in [0.1, 0.15) is 29.8 Å². The van der Waals surface area contributed by atoms with Crippen LogP contribution in [0, 0.1) is 11.7 Å². The van der Waals surface area contributed by atoms with E-state index in [-0.39, 0.29) is 18.7 Å². The maximum atomic E-state index is 15.0. The van der Waals surface area contributed by atoms with E-state index >= 15 is 4.39 Å². The highest BCUT2D eigenvalue weighted by molar-refractivity contribution is 5.91. The first kappa shape index (κ1) is 19.9. The van der Waals surface area contributed by atoms with Crippen LogP contribution in [0.25, 0.3) is 0 Å². The summed E-state index contributed by atoms with van der Waals surface area (Å²) in [6.45, 7) is 0.279. The predicted octanol–water partition coefficient (Wildman–Crippen LogP) is 1.84. The van der Waals surface area contributed by atoms with E-state index in [1.165, 1.54) is 23.5 Å². The quantitative estimate of drug-likeness (QED) is 0.822. The smallest absolute Gasteiger partial charge is 0.267 e. The van der Waals surface area contributed by atoms with Crippen LogP contribution in [-0.2, 0) is 4.79 Å². The van der Waals surface area contributed by atoms with Gasteiger partial charge in [-0.3, -0.25) is 9.59 Å². The number of hydrogen-bond acceptors (Lipinski definition) is 6. The first-order valence-electron chi connectivity index (χ1n) is 9.56. The first-order valence-corrected chi connectivity index (χ1v) is 9.56. The normalized spacial score (nSPS) is 23.6. The highest BCUT2D eigenvalue weighted by Gasteiger charge is 2.41. The maximum Gasteiger partial charge on any atom is 0.267 e. The number of hydrazone groups is 1. The molecule has 0 spiro atoms. The van der Waals surface area contributed by atoms with Gasteiger partial charge in [0.05, 0.1) is 18.5 Å². The van der Waals surface area contributed by atoms with Crippen molar-refractivity contribution in [3.8, 4) is 0 Å². The fourth-order valence-electron chi connectivity index (χ4n) is 3.85. The summed E-state index contributed by atoms with van der Waals surface area (Å²) in [5.41, 5.74) is 5.62. The summed E-state index contributed by atoms with van der Waals surface area (Å²) in [5, 5.41) is 5.29. The first-order chi connectivity index (χ1) is 14.5. The van der Waals surface area contributed by atoms with Gasteiger partial charge in [0.25, 0.3) is 5.91 Å². The fraction of sp³-hybridized carbons (Fsp3) is 0.350. The zero-order valence-corrected chi connectivity index (χ0v) is 16.0. The molecule has 2 aliphatic heterocycles. The number of aromatic nitrogens is 2. The number of hydrogen-bond donors (Lipinski definition) is 1. The summed E-state index contributed by atoms with van der Waals surface area (Å²) in [6.07, 6.45) is 1.86. The number of halogens is 2. The minimum atomic E-state index is -1.48. The Hall–Kier alpha value is -3.43. The van der Waals surface area contributed by atoms with Crippen molar-refractivity contribution in [3.63, 3.8) is 0 Å². The molecule has 0 radical (unpaired) electrons. The Morgan fingerprint density at radius 2 is 2.00 bits per heavy atom. The van der Waals surface area contributed by atoms with Gasteiger partial charge in [-0.15, -0.1) is 0 Å². The molecule has 3 heterocycles. The molecule has 2 amide bonds. The van der Waals surface area contributed by atoms with E-state index in [0.717, 1.165) is 0 Å². The number of rotatable bonds is 4. The van der Waals surface area contributed by atoms with Crippen LogP contribution in [0.15, 0.2) is 41.8 Å². The van der Waals surface area contributed by atoms with E-state index in [1.54, 1.807) is 29.3 Å².